The molecule has 1 unspecified atom stereocenters. The van der Waals surface area contributed by atoms with Gasteiger partial charge in [-0.2, -0.15) is 0 Å². The standard InChI is InChI=1S/C20H27N2O/c1-3-13-11-22(2)9-8-20-16-6-4-5-7-17(16)21-19(20)15(12-23)14(13)10-18(20)22/h3-7,14-15,18-19,21,23H,8-12H2,1-2H3/q+1/b13-3+/t14-,15+,18-,19+,20-,22?/m0/s1. The Hall–Kier alpha value is -1.32. The van der Waals surface area contributed by atoms with Crippen LogP contribution in [0.15, 0.2) is 35.9 Å². The van der Waals surface area contributed by atoms with Crippen LogP contribution in [0.1, 0.15) is 25.3 Å². The minimum Gasteiger partial charge on any atom is -0.396 e. The van der Waals surface area contributed by atoms with Crippen LogP contribution in [0.25, 0.3) is 0 Å². The first-order valence-electron chi connectivity index (χ1n) is 9.10. The van der Waals surface area contributed by atoms with E-state index in [1.165, 1.54) is 41.7 Å². The molecule has 2 bridgehead atoms. The summed E-state index contributed by atoms with van der Waals surface area (Å²) in [7, 11) is 2.47. The molecule has 5 rings (SSSR count). The van der Waals surface area contributed by atoms with Crippen molar-refractivity contribution in [3.63, 3.8) is 0 Å². The fourth-order valence-electron chi connectivity index (χ4n) is 6.76. The zero-order valence-electron chi connectivity index (χ0n) is 14.1. The molecule has 3 heterocycles. The first-order valence-corrected chi connectivity index (χ1v) is 9.10. The van der Waals surface area contributed by atoms with Crippen molar-refractivity contribution < 1.29 is 9.59 Å². The van der Waals surface area contributed by atoms with Gasteiger partial charge in [0.2, 0.25) is 0 Å². The summed E-state index contributed by atoms with van der Waals surface area (Å²) in [5.41, 5.74) is 4.65. The second-order valence-electron chi connectivity index (χ2n) is 8.39. The lowest BCUT2D eigenvalue weighted by Gasteiger charge is -2.56. The third kappa shape index (κ3) is 1.49. The van der Waals surface area contributed by atoms with Gasteiger partial charge < -0.3 is 14.9 Å². The largest absolute Gasteiger partial charge is 0.396 e. The number of para-hydroxylation sites is 1. The average Bonchev–Trinajstić information content (AvgIpc) is 3.08. The Balaban J connectivity index is 1.74. The predicted molar refractivity (Wildman–Crippen MR) is 92.3 cm³/mol. The molecular formula is C20H27N2O+. The van der Waals surface area contributed by atoms with Gasteiger partial charge >= 0.3 is 0 Å². The molecular weight excluding hydrogens is 284 g/mol. The van der Waals surface area contributed by atoms with E-state index in [1.807, 2.05) is 0 Å². The van der Waals surface area contributed by atoms with Gasteiger partial charge in [0.25, 0.3) is 0 Å². The van der Waals surface area contributed by atoms with Crippen LogP contribution < -0.4 is 5.32 Å². The van der Waals surface area contributed by atoms with Crippen molar-refractivity contribution in [1.82, 2.24) is 0 Å². The lowest BCUT2D eigenvalue weighted by Crippen LogP contribution is -2.67. The lowest BCUT2D eigenvalue weighted by atomic mass is 9.55. The molecule has 6 atom stereocenters. The van der Waals surface area contributed by atoms with Gasteiger partial charge in [0.1, 0.15) is 12.6 Å². The number of fused-ring (bicyclic) bond motifs is 2. The van der Waals surface area contributed by atoms with Gasteiger partial charge in [-0.05, 0) is 30.0 Å². The van der Waals surface area contributed by atoms with Crippen molar-refractivity contribution in [3.8, 4) is 0 Å². The number of anilines is 1. The van der Waals surface area contributed by atoms with Crippen LogP contribution in [-0.4, -0.2) is 48.4 Å². The van der Waals surface area contributed by atoms with Crippen LogP contribution in [0.3, 0.4) is 0 Å². The summed E-state index contributed by atoms with van der Waals surface area (Å²) in [5.74, 6) is 0.899. The highest BCUT2D eigenvalue weighted by Crippen LogP contribution is 2.62. The summed E-state index contributed by atoms with van der Waals surface area (Å²) < 4.78 is 1.20. The molecule has 0 radical (unpaired) electrons. The second kappa shape index (κ2) is 4.40. The summed E-state index contributed by atoms with van der Waals surface area (Å²) in [6, 6.07) is 10.0. The van der Waals surface area contributed by atoms with E-state index in [-0.39, 0.29) is 5.41 Å². The number of aliphatic hydroxyl groups is 1. The lowest BCUT2D eigenvalue weighted by molar-refractivity contribution is -0.925. The van der Waals surface area contributed by atoms with Gasteiger partial charge in [-0.3, -0.25) is 0 Å². The fraction of sp³-hybridized carbons (Fsp3) is 0.600. The zero-order valence-corrected chi connectivity index (χ0v) is 14.1. The Bertz CT molecular complexity index is 699. The van der Waals surface area contributed by atoms with Crippen LogP contribution in [0.4, 0.5) is 5.69 Å². The summed E-state index contributed by atoms with van der Waals surface area (Å²) in [5, 5.41) is 14.1. The molecule has 3 fully saturated rings. The number of piperidine rings is 1. The monoisotopic (exact) mass is 311 g/mol. The topological polar surface area (TPSA) is 32.3 Å². The smallest absolute Gasteiger partial charge is 0.102 e. The molecule has 1 spiro atoms. The number of nitrogens with zero attached hydrogens (tertiary/aromatic N) is 1. The Kier molecular flexibility index (Phi) is 2.69. The Labute approximate surface area is 138 Å². The molecule has 1 aliphatic carbocycles. The first kappa shape index (κ1) is 14.1. The predicted octanol–water partition coefficient (Wildman–Crippen LogP) is 2.53. The van der Waals surface area contributed by atoms with Gasteiger partial charge in [-0.1, -0.05) is 24.3 Å². The van der Waals surface area contributed by atoms with Crippen LogP contribution >= 0.6 is 0 Å². The molecule has 4 aliphatic rings. The normalized spacial score (nSPS) is 48.0. The van der Waals surface area contributed by atoms with Crippen molar-refractivity contribution in [1.29, 1.82) is 0 Å². The third-order valence-electron chi connectivity index (χ3n) is 7.70. The molecule has 1 saturated carbocycles. The first-order chi connectivity index (χ1) is 11.1. The third-order valence-corrected chi connectivity index (χ3v) is 7.70. The Morgan fingerprint density at radius 2 is 2.22 bits per heavy atom. The number of hydrogen-bond acceptors (Lipinski definition) is 2. The van der Waals surface area contributed by atoms with E-state index < -0.39 is 0 Å². The summed E-state index contributed by atoms with van der Waals surface area (Å²) in [6.45, 7) is 4.93. The van der Waals surface area contributed by atoms with Crippen molar-refractivity contribution in [3.05, 3.63) is 41.5 Å². The summed E-state index contributed by atoms with van der Waals surface area (Å²) in [6.07, 6.45) is 4.83. The Morgan fingerprint density at radius 1 is 1.39 bits per heavy atom. The van der Waals surface area contributed by atoms with Gasteiger partial charge in [0.15, 0.2) is 0 Å². The number of allylic oxidation sites excluding steroid dienone is 1. The molecule has 1 aromatic rings. The van der Waals surface area contributed by atoms with E-state index in [1.54, 1.807) is 5.57 Å². The summed E-state index contributed by atoms with van der Waals surface area (Å²) >= 11 is 0. The maximum atomic E-state index is 10.3. The van der Waals surface area contributed by atoms with Crippen molar-refractivity contribution in [2.24, 2.45) is 11.8 Å². The molecule has 122 valence electrons. The highest BCUT2D eigenvalue weighted by molar-refractivity contribution is 5.64. The van der Waals surface area contributed by atoms with Crippen LogP contribution in [0, 0.1) is 11.8 Å². The number of benzene rings is 1. The van der Waals surface area contributed by atoms with E-state index in [4.69, 9.17) is 0 Å². The molecule has 23 heavy (non-hydrogen) atoms. The molecule has 2 saturated heterocycles. The zero-order chi connectivity index (χ0) is 15.8. The van der Waals surface area contributed by atoms with Gasteiger partial charge in [0, 0.05) is 37.1 Å². The number of hydrogen-bond donors (Lipinski definition) is 2. The highest BCUT2D eigenvalue weighted by atomic mass is 16.3. The van der Waals surface area contributed by atoms with Gasteiger partial charge in [0.05, 0.1) is 19.0 Å². The van der Waals surface area contributed by atoms with E-state index in [0.29, 0.717) is 30.5 Å². The van der Waals surface area contributed by atoms with E-state index in [9.17, 15) is 5.11 Å². The second-order valence-corrected chi connectivity index (χ2v) is 8.39. The van der Waals surface area contributed by atoms with E-state index >= 15 is 0 Å². The molecule has 1 aromatic carbocycles. The van der Waals surface area contributed by atoms with Gasteiger partial charge in [-0.15, -0.1) is 0 Å². The van der Waals surface area contributed by atoms with E-state index in [0.717, 1.165) is 0 Å². The number of rotatable bonds is 1. The van der Waals surface area contributed by atoms with Gasteiger partial charge in [-0.25, -0.2) is 0 Å². The molecule has 3 aliphatic heterocycles. The van der Waals surface area contributed by atoms with E-state index in [2.05, 4.69) is 49.6 Å². The fourth-order valence-corrected chi connectivity index (χ4v) is 6.76. The Morgan fingerprint density at radius 3 is 3.00 bits per heavy atom. The molecule has 0 amide bonds. The molecule has 2 N–H and O–H groups in total. The van der Waals surface area contributed by atoms with Crippen LogP contribution in [0.5, 0.6) is 0 Å². The SMILES string of the molecule is C/C=C1\C[N+]2(C)CC[C@@]34c5ccccc5N[C@@H]3[C@H](CO)[C@H]1C[C@@H]42. The van der Waals surface area contributed by atoms with Crippen molar-refractivity contribution in [2.75, 3.05) is 32.1 Å². The number of nitrogens with one attached hydrogen (secondary N) is 1. The maximum absolute atomic E-state index is 10.3. The van der Waals surface area contributed by atoms with Crippen molar-refractivity contribution >= 4 is 5.69 Å². The minimum atomic E-state index is 0.231. The quantitative estimate of drug-likeness (QED) is 0.617. The van der Waals surface area contributed by atoms with Crippen LogP contribution in [-0.2, 0) is 5.41 Å². The molecule has 0 aromatic heterocycles. The molecule has 3 heteroatoms. The minimum absolute atomic E-state index is 0.231. The number of likely N-dealkylation sites (N-methyl/N-ethyl adjacent to an activating group) is 1. The highest BCUT2D eigenvalue weighted by Gasteiger charge is 2.70. The number of quaternary nitrogens is 1. The average molecular weight is 311 g/mol. The number of aliphatic hydroxyl groups excluding tert-OH is 1. The summed E-state index contributed by atoms with van der Waals surface area (Å²) in [4.78, 5) is 0. The van der Waals surface area contributed by atoms with Crippen LogP contribution in [0.2, 0.25) is 0 Å². The van der Waals surface area contributed by atoms with Crippen molar-refractivity contribution in [2.45, 2.75) is 37.3 Å². The molecule has 3 nitrogen and oxygen atoms in total. The maximum Gasteiger partial charge on any atom is 0.102 e.